The topological polar surface area (TPSA) is 97.3 Å². The Morgan fingerprint density at radius 1 is 1.17 bits per heavy atom. The number of sulfonamides is 1. The molecule has 0 aliphatic heterocycles. The van der Waals surface area contributed by atoms with Gasteiger partial charge in [0.25, 0.3) is 15.9 Å². The zero-order valence-corrected chi connectivity index (χ0v) is 18.8. The summed E-state index contributed by atoms with van der Waals surface area (Å²) >= 11 is 1.02. The molecule has 160 valence electrons. The van der Waals surface area contributed by atoms with Gasteiger partial charge in [-0.25, -0.2) is 8.42 Å². The zero-order valence-electron chi connectivity index (χ0n) is 17.1. The molecular weight excluding hydrogens is 422 g/mol. The van der Waals surface area contributed by atoms with Gasteiger partial charge in [0.1, 0.15) is 0 Å². The number of benzene rings is 2. The predicted molar refractivity (Wildman–Crippen MR) is 121 cm³/mol. The standard InChI is InChI=1S/C21H25N3O4S2/c1-4-12-24-18-11-10-15(13-19(18)29-21(24)26)30(27,28)23-17-9-7-6-8-16(17)20(25)22-14(3)5-2/h6-11,13-14,23H,4-5,12H2,1-3H3,(H,22,25)/t14-/m0/s1. The van der Waals surface area contributed by atoms with Crippen LogP contribution in [0.3, 0.4) is 0 Å². The van der Waals surface area contributed by atoms with E-state index in [1.807, 2.05) is 20.8 Å². The average molecular weight is 448 g/mol. The number of hydrogen-bond donors (Lipinski definition) is 2. The zero-order chi connectivity index (χ0) is 21.9. The number of aromatic nitrogens is 1. The molecule has 0 radical (unpaired) electrons. The molecular formula is C21H25N3O4S2. The second kappa shape index (κ2) is 9.01. The van der Waals surface area contributed by atoms with Crippen molar-refractivity contribution in [1.29, 1.82) is 0 Å². The van der Waals surface area contributed by atoms with Crippen molar-refractivity contribution < 1.29 is 13.2 Å². The molecule has 0 unspecified atom stereocenters. The lowest BCUT2D eigenvalue weighted by molar-refractivity contribution is 0.0940. The Balaban J connectivity index is 1.94. The number of thiazole rings is 1. The quantitative estimate of drug-likeness (QED) is 0.549. The van der Waals surface area contributed by atoms with E-state index in [2.05, 4.69) is 10.0 Å². The van der Waals surface area contributed by atoms with Crippen LogP contribution in [0.2, 0.25) is 0 Å². The van der Waals surface area contributed by atoms with E-state index in [0.29, 0.717) is 11.2 Å². The van der Waals surface area contributed by atoms with E-state index in [4.69, 9.17) is 0 Å². The Morgan fingerprint density at radius 2 is 1.90 bits per heavy atom. The lowest BCUT2D eigenvalue weighted by atomic mass is 10.1. The van der Waals surface area contributed by atoms with Crippen LogP contribution in [0.1, 0.15) is 44.0 Å². The number of rotatable bonds is 8. The van der Waals surface area contributed by atoms with Crippen LogP contribution in [-0.2, 0) is 16.6 Å². The minimum absolute atomic E-state index is 0.0282. The Labute approximate surface area is 179 Å². The third-order valence-corrected chi connectivity index (χ3v) is 7.11. The highest BCUT2D eigenvalue weighted by molar-refractivity contribution is 7.92. The smallest absolute Gasteiger partial charge is 0.308 e. The first-order chi connectivity index (χ1) is 14.3. The molecule has 0 saturated heterocycles. The van der Waals surface area contributed by atoms with Crippen molar-refractivity contribution in [2.24, 2.45) is 0 Å². The fourth-order valence-electron chi connectivity index (χ4n) is 3.03. The van der Waals surface area contributed by atoms with Crippen LogP contribution in [0, 0.1) is 0 Å². The largest absolute Gasteiger partial charge is 0.350 e. The molecule has 1 aromatic heterocycles. The first-order valence-corrected chi connectivity index (χ1v) is 12.1. The van der Waals surface area contributed by atoms with Gasteiger partial charge in [0.2, 0.25) is 0 Å². The molecule has 0 fully saturated rings. The molecule has 0 aliphatic rings. The summed E-state index contributed by atoms with van der Waals surface area (Å²) in [5.41, 5.74) is 1.18. The normalized spacial score (nSPS) is 12.6. The molecule has 30 heavy (non-hydrogen) atoms. The monoisotopic (exact) mass is 447 g/mol. The van der Waals surface area contributed by atoms with E-state index in [-0.39, 0.29) is 33.0 Å². The molecule has 0 bridgehead atoms. The van der Waals surface area contributed by atoms with Crippen molar-refractivity contribution >= 4 is 43.2 Å². The summed E-state index contributed by atoms with van der Waals surface area (Å²) in [7, 11) is -3.95. The maximum atomic E-state index is 13.0. The van der Waals surface area contributed by atoms with E-state index in [1.54, 1.807) is 34.9 Å². The van der Waals surface area contributed by atoms with Crippen molar-refractivity contribution in [3.63, 3.8) is 0 Å². The van der Waals surface area contributed by atoms with Crippen LogP contribution < -0.4 is 14.9 Å². The second-order valence-electron chi connectivity index (χ2n) is 7.08. The van der Waals surface area contributed by atoms with Gasteiger partial charge in [-0.05, 0) is 50.1 Å². The Bertz CT molecular complexity index is 1230. The number of hydrogen-bond acceptors (Lipinski definition) is 5. The molecule has 1 heterocycles. The van der Waals surface area contributed by atoms with Crippen LogP contribution in [-0.4, -0.2) is 24.9 Å². The van der Waals surface area contributed by atoms with E-state index in [0.717, 1.165) is 29.7 Å². The lowest BCUT2D eigenvalue weighted by Gasteiger charge is -2.15. The van der Waals surface area contributed by atoms with Crippen LogP contribution in [0.15, 0.2) is 52.2 Å². The van der Waals surface area contributed by atoms with Crippen LogP contribution >= 0.6 is 11.3 Å². The summed E-state index contributed by atoms with van der Waals surface area (Å²) in [6, 6.07) is 11.1. The average Bonchev–Trinajstić information content (AvgIpc) is 3.02. The highest BCUT2D eigenvalue weighted by Crippen LogP contribution is 2.25. The van der Waals surface area contributed by atoms with E-state index < -0.39 is 10.0 Å². The number of carbonyl (C=O) groups is 1. The van der Waals surface area contributed by atoms with Crippen LogP contribution in [0.4, 0.5) is 5.69 Å². The summed E-state index contributed by atoms with van der Waals surface area (Å²) < 4.78 is 30.8. The van der Waals surface area contributed by atoms with E-state index >= 15 is 0 Å². The number of aryl methyl sites for hydroxylation is 1. The Hall–Kier alpha value is -2.65. The predicted octanol–water partition coefficient (Wildman–Crippen LogP) is 3.80. The maximum Gasteiger partial charge on any atom is 0.308 e. The Kier molecular flexibility index (Phi) is 6.62. The fourth-order valence-corrected chi connectivity index (χ4v) is 5.16. The minimum atomic E-state index is -3.95. The molecule has 0 aliphatic carbocycles. The van der Waals surface area contributed by atoms with Gasteiger partial charge in [0.15, 0.2) is 0 Å². The summed E-state index contributed by atoms with van der Waals surface area (Å²) in [6.45, 7) is 6.41. The van der Waals surface area contributed by atoms with Gasteiger partial charge in [-0.2, -0.15) is 0 Å². The summed E-state index contributed by atoms with van der Waals surface area (Å²) in [4.78, 5) is 24.7. The number of anilines is 1. The number of amides is 1. The second-order valence-corrected chi connectivity index (χ2v) is 9.76. The van der Waals surface area contributed by atoms with Gasteiger partial charge in [0, 0.05) is 12.6 Å². The van der Waals surface area contributed by atoms with E-state index in [9.17, 15) is 18.0 Å². The first-order valence-electron chi connectivity index (χ1n) is 9.83. The van der Waals surface area contributed by atoms with Crippen molar-refractivity contribution in [2.45, 2.75) is 51.1 Å². The molecule has 2 N–H and O–H groups in total. The molecule has 3 rings (SSSR count). The van der Waals surface area contributed by atoms with Gasteiger partial charge in [0.05, 0.1) is 26.4 Å². The fraction of sp³-hybridized carbons (Fsp3) is 0.333. The van der Waals surface area contributed by atoms with Crippen molar-refractivity contribution in [3.8, 4) is 0 Å². The van der Waals surface area contributed by atoms with Crippen LogP contribution in [0.25, 0.3) is 10.2 Å². The molecule has 0 saturated carbocycles. The number of fused-ring (bicyclic) bond motifs is 1. The van der Waals surface area contributed by atoms with Gasteiger partial charge >= 0.3 is 4.87 Å². The molecule has 9 heteroatoms. The first kappa shape index (κ1) is 22.0. The summed E-state index contributed by atoms with van der Waals surface area (Å²) in [6.07, 6.45) is 1.57. The summed E-state index contributed by atoms with van der Waals surface area (Å²) in [5, 5.41) is 2.85. The Morgan fingerprint density at radius 3 is 2.60 bits per heavy atom. The summed E-state index contributed by atoms with van der Waals surface area (Å²) in [5.74, 6) is -0.340. The molecule has 1 amide bonds. The number of nitrogens with zero attached hydrogens (tertiary/aromatic N) is 1. The molecule has 0 spiro atoms. The van der Waals surface area contributed by atoms with Gasteiger partial charge < -0.3 is 5.32 Å². The maximum absolute atomic E-state index is 13.0. The minimum Gasteiger partial charge on any atom is -0.350 e. The highest BCUT2D eigenvalue weighted by Gasteiger charge is 2.20. The number of nitrogens with one attached hydrogen (secondary N) is 2. The molecule has 2 aromatic carbocycles. The van der Waals surface area contributed by atoms with Gasteiger partial charge in [-0.1, -0.05) is 37.3 Å². The third-order valence-electron chi connectivity index (χ3n) is 4.80. The van der Waals surface area contributed by atoms with Crippen molar-refractivity contribution in [3.05, 3.63) is 57.7 Å². The molecule has 1 atom stereocenters. The molecule has 3 aromatic rings. The van der Waals surface area contributed by atoms with Crippen LogP contribution in [0.5, 0.6) is 0 Å². The lowest BCUT2D eigenvalue weighted by Crippen LogP contribution is -2.32. The SMILES string of the molecule is CCCn1c(=O)sc2cc(S(=O)(=O)Nc3ccccc3C(=O)N[C@@H](C)CC)ccc21. The van der Waals surface area contributed by atoms with Gasteiger partial charge in [-0.3, -0.25) is 18.9 Å². The highest BCUT2D eigenvalue weighted by atomic mass is 32.2. The third kappa shape index (κ3) is 4.57. The number of carbonyl (C=O) groups excluding carboxylic acids is 1. The van der Waals surface area contributed by atoms with Crippen molar-refractivity contribution in [2.75, 3.05) is 4.72 Å². The molecule has 7 nitrogen and oxygen atoms in total. The van der Waals surface area contributed by atoms with Crippen molar-refractivity contribution in [1.82, 2.24) is 9.88 Å². The number of para-hydroxylation sites is 1. The van der Waals surface area contributed by atoms with E-state index in [1.165, 1.54) is 12.1 Å². The van der Waals surface area contributed by atoms with Gasteiger partial charge in [-0.15, -0.1) is 0 Å².